The molecule has 0 amide bonds. The molecule has 0 aliphatic rings. The van der Waals surface area contributed by atoms with Crippen molar-refractivity contribution >= 4 is 38.0 Å². The Bertz CT molecular complexity index is 1400. The number of hydrogen-bond donors (Lipinski definition) is 0. The summed E-state index contributed by atoms with van der Waals surface area (Å²) in [6.07, 6.45) is 2.86. The summed E-state index contributed by atoms with van der Waals surface area (Å²) in [4.78, 5) is 20.1. The first-order chi connectivity index (χ1) is 14.9. The number of nitrogens with zero attached hydrogens (tertiary/aromatic N) is 2. The minimum atomic E-state index is -3.66. The predicted octanol–water partition coefficient (Wildman–Crippen LogP) is 5.25. The highest BCUT2D eigenvalue weighted by Crippen LogP contribution is 2.34. The third-order valence-electron chi connectivity index (χ3n) is 4.70. The molecule has 4 rings (SSSR count). The molecule has 0 saturated carbocycles. The van der Waals surface area contributed by atoms with Crippen molar-refractivity contribution < 1.29 is 17.9 Å². The second kappa shape index (κ2) is 8.45. The number of Topliss-reactive ketones (excluding diaryl/α,β-unsaturated/α-hetero) is 1. The molecule has 0 spiro atoms. The van der Waals surface area contributed by atoms with Crippen LogP contribution in [0, 0.1) is 0 Å². The van der Waals surface area contributed by atoms with E-state index in [2.05, 4.69) is 9.97 Å². The van der Waals surface area contributed by atoms with E-state index in [1.165, 1.54) is 25.4 Å². The van der Waals surface area contributed by atoms with Gasteiger partial charge in [-0.25, -0.2) is 18.4 Å². The Labute approximate surface area is 184 Å². The number of aromatic nitrogens is 2. The Morgan fingerprint density at radius 3 is 2.35 bits per heavy atom. The van der Waals surface area contributed by atoms with Crippen LogP contribution in [0.3, 0.4) is 0 Å². The third kappa shape index (κ3) is 4.28. The van der Waals surface area contributed by atoms with Crippen LogP contribution in [-0.2, 0) is 15.6 Å². The maximum Gasteiger partial charge on any atom is 0.249 e. The van der Waals surface area contributed by atoms with E-state index in [0.29, 0.717) is 22.1 Å². The van der Waals surface area contributed by atoms with Crippen molar-refractivity contribution in [2.24, 2.45) is 0 Å². The van der Waals surface area contributed by atoms with Crippen LogP contribution in [-0.4, -0.2) is 24.2 Å². The molecule has 3 aromatic carbocycles. The number of benzene rings is 3. The van der Waals surface area contributed by atoms with Gasteiger partial charge in [0.25, 0.3) is 0 Å². The number of fused-ring (bicyclic) bond motifs is 1. The largest absolute Gasteiger partial charge is 0.436 e. The van der Waals surface area contributed by atoms with Crippen LogP contribution in [0.5, 0.6) is 11.6 Å². The summed E-state index contributed by atoms with van der Waals surface area (Å²) in [5.74, 6) is 0.0467. The monoisotopic (exact) mass is 452 g/mol. The molecule has 1 aromatic heterocycles. The van der Waals surface area contributed by atoms with Crippen LogP contribution in [0.2, 0.25) is 5.02 Å². The Morgan fingerprint density at radius 1 is 0.935 bits per heavy atom. The van der Waals surface area contributed by atoms with Gasteiger partial charge >= 0.3 is 0 Å². The van der Waals surface area contributed by atoms with Crippen LogP contribution in [0.25, 0.3) is 10.8 Å². The quantitative estimate of drug-likeness (QED) is 0.371. The molecule has 0 fully saturated rings. The fourth-order valence-corrected chi connectivity index (χ4v) is 5.23. The molecule has 0 aliphatic carbocycles. The van der Waals surface area contributed by atoms with Crippen molar-refractivity contribution in [3.8, 4) is 11.6 Å². The van der Waals surface area contributed by atoms with Gasteiger partial charge in [-0.2, -0.15) is 0 Å². The molecular formula is C23H17ClN2O4S. The highest BCUT2D eigenvalue weighted by Gasteiger charge is 2.21. The van der Waals surface area contributed by atoms with Crippen LogP contribution in [0.4, 0.5) is 0 Å². The van der Waals surface area contributed by atoms with E-state index in [1.807, 2.05) is 24.3 Å². The smallest absolute Gasteiger partial charge is 0.249 e. The number of ether oxygens (including phenoxy) is 1. The molecule has 8 heteroatoms. The minimum Gasteiger partial charge on any atom is -0.436 e. The first-order valence-corrected chi connectivity index (χ1v) is 11.4. The van der Waals surface area contributed by atoms with Gasteiger partial charge in [0.2, 0.25) is 5.88 Å². The second-order valence-corrected chi connectivity index (χ2v) is 9.19. The second-order valence-electron chi connectivity index (χ2n) is 6.83. The summed E-state index contributed by atoms with van der Waals surface area (Å²) >= 11 is 6.11. The number of sulfone groups is 1. The SMILES string of the molecule is CC(=O)c1nccnc1Oc1ccc(CS(=O)(=O)c2ccccc2Cl)c2ccccc12. The third-order valence-corrected chi connectivity index (χ3v) is 6.86. The minimum absolute atomic E-state index is 0.0896. The molecule has 0 atom stereocenters. The van der Waals surface area contributed by atoms with Gasteiger partial charge in [0.15, 0.2) is 21.3 Å². The lowest BCUT2D eigenvalue weighted by atomic mass is 10.0. The number of rotatable bonds is 6. The zero-order valence-corrected chi connectivity index (χ0v) is 18.0. The Balaban J connectivity index is 1.76. The van der Waals surface area contributed by atoms with E-state index in [9.17, 15) is 13.2 Å². The van der Waals surface area contributed by atoms with Gasteiger partial charge in [-0.05, 0) is 29.1 Å². The standard InChI is InChI=1S/C23H17ClN2O4S/c1-15(27)22-23(26-13-12-25-22)30-20-11-10-16(17-6-2-3-7-18(17)20)14-31(28,29)21-9-5-4-8-19(21)24/h2-13H,14H2,1H3. The predicted molar refractivity (Wildman–Crippen MR) is 118 cm³/mol. The highest BCUT2D eigenvalue weighted by molar-refractivity contribution is 7.90. The first-order valence-electron chi connectivity index (χ1n) is 9.34. The van der Waals surface area contributed by atoms with E-state index in [4.69, 9.17) is 16.3 Å². The van der Waals surface area contributed by atoms with Crippen molar-refractivity contribution in [1.29, 1.82) is 0 Å². The van der Waals surface area contributed by atoms with Crippen molar-refractivity contribution in [3.63, 3.8) is 0 Å². The maximum atomic E-state index is 13.0. The molecule has 0 bridgehead atoms. The van der Waals surface area contributed by atoms with E-state index < -0.39 is 9.84 Å². The van der Waals surface area contributed by atoms with Gasteiger partial charge in [-0.3, -0.25) is 4.79 Å². The molecule has 0 radical (unpaired) electrons. The molecule has 0 N–H and O–H groups in total. The summed E-state index contributed by atoms with van der Waals surface area (Å²) < 4.78 is 31.9. The Hall–Kier alpha value is -3.29. The van der Waals surface area contributed by atoms with Gasteiger partial charge < -0.3 is 4.74 Å². The van der Waals surface area contributed by atoms with Gasteiger partial charge in [-0.1, -0.05) is 54.1 Å². The summed E-state index contributed by atoms with van der Waals surface area (Å²) in [6.45, 7) is 1.39. The number of hydrogen-bond acceptors (Lipinski definition) is 6. The van der Waals surface area contributed by atoms with Crippen LogP contribution >= 0.6 is 11.6 Å². The van der Waals surface area contributed by atoms with Crippen LogP contribution in [0.1, 0.15) is 23.0 Å². The van der Waals surface area contributed by atoms with Crippen LogP contribution in [0.15, 0.2) is 78.0 Å². The van der Waals surface area contributed by atoms with Crippen molar-refractivity contribution in [3.05, 3.63) is 89.3 Å². The zero-order valence-electron chi connectivity index (χ0n) is 16.4. The molecular weight excluding hydrogens is 436 g/mol. The highest BCUT2D eigenvalue weighted by atomic mass is 35.5. The first kappa shape index (κ1) is 21.0. The summed E-state index contributed by atoms with van der Waals surface area (Å²) in [7, 11) is -3.66. The van der Waals surface area contributed by atoms with Crippen molar-refractivity contribution in [2.75, 3.05) is 0 Å². The molecule has 6 nitrogen and oxygen atoms in total. The van der Waals surface area contributed by atoms with E-state index in [1.54, 1.807) is 30.3 Å². The molecule has 31 heavy (non-hydrogen) atoms. The molecule has 1 heterocycles. The van der Waals surface area contributed by atoms with E-state index in [0.717, 1.165) is 0 Å². The lowest BCUT2D eigenvalue weighted by molar-refractivity contribution is 0.101. The normalized spacial score (nSPS) is 11.4. The number of halogens is 1. The van der Waals surface area contributed by atoms with E-state index >= 15 is 0 Å². The van der Waals surface area contributed by atoms with E-state index in [-0.39, 0.29) is 33.0 Å². The summed E-state index contributed by atoms with van der Waals surface area (Å²) in [5.41, 5.74) is 0.728. The lowest BCUT2D eigenvalue weighted by Crippen LogP contribution is -2.06. The fraction of sp³-hybridized carbons (Fsp3) is 0.0870. The van der Waals surface area contributed by atoms with Crippen molar-refractivity contribution in [2.45, 2.75) is 17.6 Å². The maximum absolute atomic E-state index is 13.0. The lowest BCUT2D eigenvalue weighted by Gasteiger charge is -2.13. The van der Waals surface area contributed by atoms with Gasteiger partial charge in [-0.15, -0.1) is 0 Å². The molecule has 156 valence electrons. The zero-order chi connectivity index (χ0) is 22.0. The number of carbonyl (C=O) groups is 1. The van der Waals surface area contributed by atoms with Crippen LogP contribution < -0.4 is 4.74 Å². The summed E-state index contributed by atoms with van der Waals surface area (Å²) in [6, 6.07) is 17.0. The number of carbonyl (C=O) groups excluding carboxylic acids is 1. The average Bonchev–Trinajstić information content (AvgIpc) is 2.76. The Morgan fingerprint density at radius 2 is 1.61 bits per heavy atom. The fourth-order valence-electron chi connectivity index (χ4n) is 3.27. The molecule has 4 aromatic rings. The average molecular weight is 453 g/mol. The molecule has 0 saturated heterocycles. The van der Waals surface area contributed by atoms with Gasteiger partial charge in [0.05, 0.1) is 15.7 Å². The van der Waals surface area contributed by atoms with Gasteiger partial charge in [0.1, 0.15) is 5.75 Å². The molecule has 0 aliphatic heterocycles. The Kier molecular flexibility index (Phi) is 5.71. The molecule has 0 unspecified atom stereocenters. The van der Waals surface area contributed by atoms with Crippen molar-refractivity contribution in [1.82, 2.24) is 9.97 Å². The number of ketones is 1. The summed E-state index contributed by atoms with van der Waals surface area (Å²) in [5, 5.41) is 1.59. The van der Waals surface area contributed by atoms with Gasteiger partial charge in [0, 0.05) is 24.7 Å². The topological polar surface area (TPSA) is 86.2 Å².